The van der Waals surface area contributed by atoms with Gasteiger partial charge in [0.1, 0.15) is 5.82 Å². The van der Waals surface area contributed by atoms with Gasteiger partial charge in [0.05, 0.1) is 11.7 Å². The lowest BCUT2D eigenvalue weighted by atomic mass is 10.1. The number of benzene rings is 1. The largest absolute Gasteiger partial charge is 0.291 e. The van der Waals surface area contributed by atoms with Crippen molar-refractivity contribution in [2.75, 3.05) is 6.54 Å². The normalized spacial score (nSPS) is 17.5. The highest BCUT2D eigenvalue weighted by Crippen LogP contribution is 2.32. The topological polar surface area (TPSA) is 29.0 Å². The molecule has 1 atom stereocenters. The Labute approximate surface area is 153 Å². The Balaban J connectivity index is 1.50. The van der Waals surface area contributed by atoms with Crippen LogP contribution in [0.5, 0.6) is 0 Å². The average Bonchev–Trinajstić information content (AvgIpc) is 3.13. The van der Waals surface area contributed by atoms with Crippen LogP contribution >= 0.6 is 0 Å². The predicted octanol–water partition coefficient (Wildman–Crippen LogP) is 4.54. The van der Waals surface area contributed by atoms with E-state index in [-0.39, 0.29) is 5.82 Å². The van der Waals surface area contributed by atoms with Crippen molar-refractivity contribution in [2.45, 2.75) is 31.8 Å². The molecular formula is C22H22FN3. The van der Waals surface area contributed by atoms with Crippen LogP contribution in [0.25, 0.3) is 0 Å². The zero-order valence-corrected chi connectivity index (χ0v) is 14.7. The molecule has 1 saturated heterocycles. The van der Waals surface area contributed by atoms with Crippen LogP contribution in [0, 0.1) is 5.82 Å². The number of pyridine rings is 2. The molecule has 0 spiro atoms. The molecule has 3 aromatic rings. The maximum atomic E-state index is 13.1. The maximum absolute atomic E-state index is 13.1. The second-order valence-corrected chi connectivity index (χ2v) is 6.84. The third kappa shape index (κ3) is 3.97. The highest BCUT2D eigenvalue weighted by atomic mass is 19.1. The third-order valence-corrected chi connectivity index (χ3v) is 4.97. The Bertz CT molecular complexity index is 849. The van der Waals surface area contributed by atoms with E-state index >= 15 is 0 Å². The van der Waals surface area contributed by atoms with E-state index in [1.165, 1.54) is 24.1 Å². The second kappa shape index (κ2) is 7.75. The molecule has 1 aliphatic rings. The molecule has 0 bridgehead atoms. The van der Waals surface area contributed by atoms with Crippen LogP contribution in [0.4, 0.5) is 4.39 Å². The fraction of sp³-hybridized carbons (Fsp3) is 0.273. The first kappa shape index (κ1) is 16.9. The van der Waals surface area contributed by atoms with E-state index < -0.39 is 0 Å². The molecule has 1 aromatic carbocycles. The zero-order chi connectivity index (χ0) is 17.8. The molecule has 26 heavy (non-hydrogen) atoms. The highest BCUT2D eigenvalue weighted by Gasteiger charge is 2.27. The Morgan fingerprint density at radius 2 is 1.77 bits per heavy atom. The minimum absolute atomic E-state index is 0.201. The Morgan fingerprint density at radius 3 is 2.58 bits per heavy atom. The van der Waals surface area contributed by atoms with E-state index in [0.717, 1.165) is 42.9 Å². The number of hydrogen-bond donors (Lipinski definition) is 0. The molecule has 0 amide bonds. The van der Waals surface area contributed by atoms with Gasteiger partial charge >= 0.3 is 0 Å². The van der Waals surface area contributed by atoms with Crippen molar-refractivity contribution >= 4 is 0 Å². The summed E-state index contributed by atoms with van der Waals surface area (Å²) in [7, 11) is 0. The quantitative estimate of drug-likeness (QED) is 0.678. The molecule has 3 heterocycles. The monoisotopic (exact) mass is 347 g/mol. The summed E-state index contributed by atoms with van der Waals surface area (Å²) < 4.78 is 13.1. The summed E-state index contributed by atoms with van der Waals surface area (Å²) in [5.74, 6) is -0.201. The maximum Gasteiger partial charge on any atom is 0.123 e. The van der Waals surface area contributed by atoms with Gasteiger partial charge in [-0.15, -0.1) is 0 Å². The Hall–Kier alpha value is -2.59. The molecule has 0 aliphatic carbocycles. The van der Waals surface area contributed by atoms with Crippen molar-refractivity contribution in [3.05, 3.63) is 95.3 Å². The minimum Gasteiger partial charge on any atom is -0.291 e. The van der Waals surface area contributed by atoms with Gasteiger partial charge in [-0.2, -0.15) is 0 Å². The average molecular weight is 347 g/mol. The molecular weight excluding hydrogens is 325 g/mol. The number of nitrogens with zero attached hydrogens (tertiary/aromatic N) is 3. The van der Waals surface area contributed by atoms with Gasteiger partial charge in [0.25, 0.3) is 0 Å². The molecule has 0 radical (unpaired) electrons. The van der Waals surface area contributed by atoms with Crippen molar-refractivity contribution in [2.24, 2.45) is 0 Å². The second-order valence-electron chi connectivity index (χ2n) is 6.84. The van der Waals surface area contributed by atoms with Crippen molar-refractivity contribution < 1.29 is 4.39 Å². The van der Waals surface area contributed by atoms with E-state index in [1.54, 1.807) is 0 Å². The molecule has 0 unspecified atom stereocenters. The summed E-state index contributed by atoms with van der Waals surface area (Å²) in [6.07, 6.45) is 6.76. The summed E-state index contributed by atoms with van der Waals surface area (Å²) in [6.45, 7) is 2.02. The number of aromatic nitrogens is 2. The molecule has 3 nitrogen and oxygen atoms in total. The lowest BCUT2D eigenvalue weighted by Crippen LogP contribution is -2.23. The number of hydrogen-bond acceptors (Lipinski definition) is 3. The minimum atomic E-state index is -0.201. The van der Waals surface area contributed by atoms with E-state index in [9.17, 15) is 4.39 Å². The smallest absolute Gasteiger partial charge is 0.123 e. The van der Waals surface area contributed by atoms with Gasteiger partial charge in [-0.1, -0.05) is 18.2 Å². The zero-order valence-electron chi connectivity index (χ0n) is 14.7. The van der Waals surface area contributed by atoms with Crippen LogP contribution in [0.1, 0.15) is 41.4 Å². The third-order valence-electron chi connectivity index (χ3n) is 4.97. The van der Waals surface area contributed by atoms with Crippen LogP contribution < -0.4 is 0 Å². The molecule has 4 heteroatoms. The van der Waals surface area contributed by atoms with Gasteiger partial charge in [0, 0.05) is 31.1 Å². The van der Waals surface area contributed by atoms with Crippen LogP contribution in [-0.4, -0.2) is 21.4 Å². The van der Waals surface area contributed by atoms with E-state index in [4.69, 9.17) is 4.98 Å². The van der Waals surface area contributed by atoms with Crippen molar-refractivity contribution in [3.8, 4) is 0 Å². The standard InChI is InChI=1S/C22H22FN3/c23-19-8-6-17(7-9-19)15-20-3-1-4-21(25-20)22-5-2-14-26(22)16-18-10-12-24-13-11-18/h1,3-4,6-13,22H,2,5,14-16H2/t22-/m1/s1. The van der Waals surface area contributed by atoms with Gasteiger partial charge in [0.2, 0.25) is 0 Å². The lowest BCUT2D eigenvalue weighted by molar-refractivity contribution is 0.244. The Kier molecular flexibility index (Phi) is 5.02. The number of halogens is 1. The lowest BCUT2D eigenvalue weighted by Gasteiger charge is -2.24. The van der Waals surface area contributed by atoms with Crippen molar-refractivity contribution in [1.29, 1.82) is 0 Å². The highest BCUT2D eigenvalue weighted by molar-refractivity contribution is 5.24. The summed E-state index contributed by atoms with van der Waals surface area (Å²) in [5, 5.41) is 0. The van der Waals surface area contributed by atoms with Gasteiger partial charge in [-0.05, 0) is 66.9 Å². The molecule has 0 N–H and O–H groups in total. The predicted molar refractivity (Wildman–Crippen MR) is 100 cm³/mol. The van der Waals surface area contributed by atoms with E-state index in [1.807, 2.05) is 24.5 Å². The van der Waals surface area contributed by atoms with Crippen LogP contribution in [0.2, 0.25) is 0 Å². The SMILES string of the molecule is Fc1ccc(Cc2cccc([C@H]3CCCN3Cc3ccncc3)n2)cc1. The molecule has 1 aliphatic heterocycles. The van der Waals surface area contributed by atoms with Crippen molar-refractivity contribution in [3.63, 3.8) is 0 Å². The molecule has 1 fully saturated rings. The van der Waals surface area contributed by atoms with Crippen LogP contribution in [0.3, 0.4) is 0 Å². The fourth-order valence-corrected chi connectivity index (χ4v) is 3.67. The fourth-order valence-electron chi connectivity index (χ4n) is 3.67. The summed E-state index contributed by atoms with van der Waals surface area (Å²) in [6, 6.07) is 17.4. The summed E-state index contributed by atoms with van der Waals surface area (Å²) in [5.41, 5.74) is 4.53. The number of likely N-dealkylation sites (tertiary alicyclic amines) is 1. The van der Waals surface area contributed by atoms with Gasteiger partial charge in [-0.25, -0.2) is 4.39 Å². The molecule has 132 valence electrons. The molecule has 0 saturated carbocycles. The first-order chi connectivity index (χ1) is 12.8. The van der Waals surface area contributed by atoms with Crippen LogP contribution in [-0.2, 0) is 13.0 Å². The first-order valence-corrected chi connectivity index (χ1v) is 9.11. The van der Waals surface area contributed by atoms with E-state index in [2.05, 4.69) is 40.2 Å². The Morgan fingerprint density at radius 1 is 0.962 bits per heavy atom. The van der Waals surface area contributed by atoms with Gasteiger partial charge < -0.3 is 0 Å². The summed E-state index contributed by atoms with van der Waals surface area (Å²) in [4.78, 5) is 11.5. The van der Waals surface area contributed by atoms with E-state index in [0.29, 0.717) is 6.04 Å². The number of rotatable bonds is 5. The van der Waals surface area contributed by atoms with Gasteiger partial charge in [0.15, 0.2) is 0 Å². The summed E-state index contributed by atoms with van der Waals surface area (Å²) >= 11 is 0. The molecule has 4 rings (SSSR count). The van der Waals surface area contributed by atoms with Crippen molar-refractivity contribution in [1.82, 2.24) is 14.9 Å². The molecule has 2 aromatic heterocycles. The van der Waals surface area contributed by atoms with Crippen LogP contribution in [0.15, 0.2) is 67.0 Å². The first-order valence-electron chi connectivity index (χ1n) is 9.11. The van der Waals surface area contributed by atoms with Gasteiger partial charge in [-0.3, -0.25) is 14.9 Å².